The van der Waals surface area contributed by atoms with E-state index < -0.39 is 5.92 Å². The van der Waals surface area contributed by atoms with Crippen molar-refractivity contribution in [3.8, 4) is 0 Å². The van der Waals surface area contributed by atoms with Crippen LogP contribution in [0.2, 0.25) is 0 Å². The molecular weight excluding hydrogens is 406 g/mol. The Morgan fingerprint density at radius 2 is 1.90 bits per heavy atom. The zero-order valence-corrected chi connectivity index (χ0v) is 20.0. The lowest BCUT2D eigenvalue weighted by Crippen LogP contribution is -2.48. The number of fused-ring (bicyclic) bond motifs is 1. The molecule has 2 amide bonds. The maximum atomic E-state index is 13.5. The van der Waals surface area contributed by atoms with Crippen LogP contribution in [-0.4, -0.2) is 54.3 Å². The van der Waals surface area contributed by atoms with Gasteiger partial charge in [-0.25, -0.2) is 0 Å². The minimum Gasteiger partial charge on any atom is -0.355 e. The van der Waals surface area contributed by atoms with E-state index in [9.17, 15) is 9.59 Å². The third-order valence-electron chi connectivity index (χ3n) is 5.96. The summed E-state index contributed by atoms with van der Waals surface area (Å²) in [6.07, 6.45) is 0.917. The largest absolute Gasteiger partial charge is 0.355 e. The summed E-state index contributed by atoms with van der Waals surface area (Å²) < 4.78 is 0. The lowest BCUT2D eigenvalue weighted by atomic mass is 9.81. The van der Waals surface area contributed by atoms with Crippen LogP contribution in [0.25, 0.3) is 0 Å². The second-order valence-corrected chi connectivity index (χ2v) is 9.53. The molecule has 0 saturated heterocycles. The minimum atomic E-state index is -0.403. The zero-order chi connectivity index (χ0) is 22.4. The number of amides is 2. The summed E-state index contributed by atoms with van der Waals surface area (Å²) in [5.74, 6) is -0.0610. The summed E-state index contributed by atoms with van der Waals surface area (Å²) >= 11 is 1.62. The number of rotatable bonds is 10. The van der Waals surface area contributed by atoms with Gasteiger partial charge in [0.1, 0.15) is 0 Å². The van der Waals surface area contributed by atoms with Crippen LogP contribution < -0.4 is 5.32 Å². The number of thiophene rings is 1. The lowest BCUT2D eigenvalue weighted by Gasteiger charge is -2.42. The van der Waals surface area contributed by atoms with Crippen LogP contribution in [0.3, 0.4) is 0 Å². The van der Waals surface area contributed by atoms with Crippen LogP contribution >= 0.6 is 11.3 Å². The number of hydrogen-bond donors (Lipinski definition) is 1. The predicted octanol–water partition coefficient (Wildman–Crippen LogP) is 4.53. The molecular formula is C25H35N3O2S. The zero-order valence-electron chi connectivity index (χ0n) is 19.1. The van der Waals surface area contributed by atoms with Crippen molar-refractivity contribution < 1.29 is 9.59 Å². The van der Waals surface area contributed by atoms with Crippen LogP contribution in [0, 0.1) is 5.92 Å². The highest BCUT2D eigenvalue weighted by molar-refractivity contribution is 7.10. The second-order valence-electron chi connectivity index (χ2n) is 8.55. The summed E-state index contributed by atoms with van der Waals surface area (Å²) in [7, 11) is 0. The van der Waals surface area contributed by atoms with Crippen molar-refractivity contribution in [1.29, 1.82) is 0 Å². The molecule has 1 aliphatic heterocycles. The van der Waals surface area contributed by atoms with Crippen molar-refractivity contribution in [2.75, 3.05) is 32.7 Å². The van der Waals surface area contributed by atoms with Crippen LogP contribution in [0.4, 0.5) is 0 Å². The fourth-order valence-electron chi connectivity index (χ4n) is 4.41. The highest BCUT2D eigenvalue weighted by Gasteiger charge is 2.44. The second kappa shape index (κ2) is 10.9. The molecule has 168 valence electrons. The Morgan fingerprint density at radius 1 is 1.16 bits per heavy atom. The molecule has 2 aromatic rings. The summed E-state index contributed by atoms with van der Waals surface area (Å²) in [5.41, 5.74) is 1.49. The quantitative estimate of drug-likeness (QED) is 0.551. The van der Waals surface area contributed by atoms with Gasteiger partial charge < -0.3 is 15.1 Å². The molecule has 3 rings (SSSR count). The summed E-state index contributed by atoms with van der Waals surface area (Å²) in [6, 6.07) is 11.4. The van der Waals surface area contributed by atoms with Gasteiger partial charge in [0, 0.05) is 23.5 Å². The maximum absolute atomic E-state index is 13.5. The van der Waals surface area contributed by atoms with Crippen LogP contribution in [0.15, 0.2) is 41.8 Å². The fraction of sp³-hybridized carbons (Fsp3) is 0.520. The van der Waals surface area contributed by atoms with Gasteiger partial charge in [0.25, 0.3) is 5.91 Å². The normalized spacial score (nSPS) is 18.5. The van der Waals surface area contributed by atoms with E-state index in [2.05, 4.69) is 37.9 Å². The molecule has 0 saturated carbocycles. The van der Waals surface area contributed by atoms with Gasteiger partial charge in [0.2, 0.25) is 5.91 Å². The van der Waals surface area contributed by atoms with Crippen molar-refractivity contribution in [3.63, 3.8) is 0 Å². The average Bonchev–Trinajstić information content (AvgIpc) is 3.29. The van der Waals surface area contributed by atoms with Crippen molar-refractivity contribution in [2.24, 2.45) is 5.92 Å². The van der Waals surface area contributed by atoms with Crippen molar-refractivity contribution >= 4 is 23.2 Å². The number of carbonyl (C=O) groups excluding carboxylic acids is 2. The van der Waals surface area contributed by atoms with Crippen molar-refractivity contribution in [1.82, 2.24) is 15.1 Å². The molecule has 1 aromatic heterocycles. The number of benzene rings is 1. The van der Waals surface area contributed by atoms with E-state index >= 15 is 0 Å². The Hall–Kier alpha value is -2.18. The number of carbonyl (C=O) groups is 2. The molecule has 0 bridgehead atoms. The van der Waals surface area contributed by atoms with Gasteiger partial charge in [-0.15, -0.1) is 11.3 Å². The van der Waals surface area contributed by atoms with Crippen LogP contribution in [0.5, 0.6) is 0 Å². The average molecular weight is 442 g/mol. The standard InChI is InChI=1S/C25H35N3O2S/c1-5-27(6-2)15-10-14-26-24(29)22-19-11-7-8-12-20(19)25(30)28(17-18(3)4)23(22)21-13-9-16-31-21/h7-9,11-13,16,18,22-23H,5-6,10,14-15,17H2,1-4H3,(H,26,29)/t22-,23-/m1/s1. The first kappa shape index (κ1) is 23.5. The fourth-order valence-corrected chi connectivity index (χ4v) is 5.28. The minimum absolute atomic E-state index is 0.00616. The number of hydrogen-bond acceptors (Lipinski definition) is 4. The van der Waals surface area contributed by atoms with Gasteiger partial charge in [0.05, 0.1) is 12.0 Å². The van der Waals surface area contributed by atoms with E-state index in [0.29, 0.717) is 24.6 Å². The molecule has 1 aromatic carbocycles. The first-order chi connectivity index (χ1) is 15.0. The van der Waals surface area contributed by atoms with E-state index in [1.54, 1.807) is 11.3 Å². The van der Waals surface area contributed by atoms with E-state index in [1.165, 1.54) is 0 Å². The molecule has 2 heterocycles. The summed E-state index contributed by atoms with van der Waals surface area (Å²) in [6.45, 7) is 12.8. The predicted molar refractivity (Wildman–Crippen MR) is 128 cm³/mol. The van der Waals surface area contributed by atoms with E-state index in [4.69, 9.17) is 0 Å². The summed E-state index contributed by atoms with van der Waals surface area (Å²) in [4.78, 5) is 32.3. The number of nitrogens with one attached hydrogen (secondary N) is 1. The molecule has 0 unspecified atom stereocenters. The molecule has 31 heavy (non-hydrogen) atoms. The number of nitrogens with zero attached hydrogens (tertiary/aromatic N) is 2. The summed E-state index contributed by atoms with van der Waals surface area (Å²) in [5, 5.41) is 5.20. The third-order valence-corrected chi connectivity index (χ3v) is 6.91. The van der Waals surface area contributed by atoms with E-state index in [0.717, 1.165) is 36.5 Å². The van der Waals surface area contributed by atoms with Gasteiger partial charge in [-0.1, -0.05) is 52.0 Å². The van der Waals surface area contributed by atoms with Gasteiger partial charge in [0.15, 0.2) is 0 Å². The molecule has 1 aliphatic rings. The Kier molecular flexibility index (Phi) is 8.27. The first-order valence-electron chi connectivity index (χ1n) is 11.4. The van der Waals surface area contributed by atoms with Gasteiger partial charge in [-0.3, -0.25) is 9.59 Å². The van der Waals surface area contributed by atoms with Crippen molar-refractivity contribution in [3.05, 3.63) is 57.8 Å². The van der Waals surface area contributed by atoms with Crippen LogP contribution in [-0.2, 0) is 4.79 Å². The monoisotopic (exact) mass is 441 g/mol. The van der Waals surface area contributed by atoms with E-state index in [1.807, 2.05) is 46.7 Å². The molecule has 6 heteroatoms. The Bertz CT molecular complexity index is 861. The van der Waals surface area contributed by atoms with Gasteiger partial charge in [-0.2, -0.15) is 0 Å². The van der Waals surface area contributed by atoms with Gasteiger partial charge >= 0.3 is 0 Å². The molecule has 5 nitrogen and oxygen atoms in total. The third kappa shape index (κ3) is 5.36. The smallest absolute Gasteiger partial charge is 0.254 e. The Balaban J connectivity index is 1.89. The maximum Gasteiger partial charge on any atom is 0.254 e. The molecule has 0 radical (unpaired) electrons. The molecule has 1 N–H and O–H groups in total. The highest BCUT2D eigenvalue weighted by atomic mass is 32.1. The van der Waals surface area contributed by atoms with Gasteiger partial charge in [-0.05, 0) is 55.0 Å². The molecule has 0 fully saturated rings. The Labute approximate surface area is 190 Å². The highest BCUT2D eigenvalue weighted by Crippen LogP contribution is 2.44. The van der Waals surface area contributed by atoms with Crippen LogP contribution in [0.1, 0.15) is 66.9 Å². The SMILES string of the molecule is CCN(CC)CCCNC(=O)[C@@H]1c2ccccc2C(=O)N(CC(C)C)[C@@H]1c1cccs1. The Morgan fingerprint density at radius 3 is 2.55 bits per heavy atom. The topological polar surface area (TPSA) is 52.7 Å². The molecule has 0 aliphatic carbocycles. The molecule has 0 spiro atoms. The lowest BCUT2D eigenvalue weighted by molar-refractivity contribution is -0.124. The van der Waals surface area contributed by atoms with Crippen molar-refractivity contribution in [2.45, 2.75) is 46.1 Å². The molecule has 2 atom stereocenters. The first-order valence-corrected chi connectivity index (χ1v) is 12.3. The van der Waals surface area contributed by atoms with E-state index in [-0.39, 0.29) is 17.9 Å².